The quantitative estimate of drug-likeness (QED) is 0.0668. The number of pyridine rings is 2. The molecule has 6 atom stereocenters. The molecule has 6 aromatic heterocycles. The van der Waals surface area contributed by atoms with E-state index in [-0.39, 0.29) is 57.8 Å². The standard InChI is InChI=1S/2C27H36N6O4/c2*1-27(36-3)10-4-7-18(15-27)13-22(34)20-16-29-33-24(28-2)14-23(31-25(20)33)30-21-9-5-11-32(26(21)35)19-8-6-12-37-17-19/h2*5,9,11,14,16,18-19,28H,4,6-8,10,12-13,15,17H2,1-3H3,(H,30,31)/t18-,19+,27+;18-,19-,27+/m10/s1. The van der Waals surface area contributed by atoms with Gasteiger partial charge < -0.3 is 49.3 Å². The summed E-state index contributed by atoms with van der Waals surface area (Å²) in [6.45, 7) is 6.77. The van der Waals surface area contributed by atoms with Crippen LogP contribution in [-0.4, -0.2) is 116 Å². The minimum Gasteiger partial charge on any atom is -0.379 e. The molecular weight excluding hydrogens is 945 g/mol. The molecule has 2 saturated heterocycles. The molecule has 396 valence electrons. The Kier molecular flexibility index (Phi) is 16.3. The highest BCUT2D eigenvalue weighted by Gasteiger charge is 2.35. The summed E-state index contributed by atoms with van der Waals surface area (Å²) < 4.78 is 29.3. The van der Waals surface area contributed by atoms with Gasteiger partial charge in [-0.15, -0.1) is 0 Å². The molecule has 2 aliphatic heterocycles. The van der Waals surface area contributed by atoms with Crippen LogP contribution in [-0.2, 0) is 18.9 Å². The number of carbonyl (C=O) groups is 2. The lowest BCUT2D eigenvalue weighted by atomic mass is 9.76. The van der Waals surface area contributed by atoms with E-state index in [1.165, 1.54) is 0 Å². The van der Waals surface area contributed by atoms with Gasteiger partial charge >= 0.3 is 0 Å². The maximum absolute atomic E-state index is 13.4. The molecule has 4 aliphatic rings. The van der Waals surface area contributed by atoms with Crippen molar-refractivity contribution in [2.75, 3.05) is 76.0 Å². The molecular formula is C54H72N12O8. The number of carbonyl (C=O) groups excluding carboxylic acids is 2. The van der Waals surface area contributed by atoms with Gasteiger partial charge in [0, 0.05) is 78.9 Å². The van der Waals surface area contributed by atoms with Crippen LogP contribution in [0.15, 0.2) is 70.8 Å². The topological polar surface area (TPSA) is 224 Å². The summed E-state index contributed by atoms with van der Waals surface area (Å²) in [4.78, 5) is 62.7. The Labute approximate surface area is 430 Å². The number of ether oxygens (including phenoxy) is 4. The van der Waals surface area contributed by atoms with Gasteiger partial charge in [0.05, 0.1) is 60.0 Å². The number of anilines is 6. The summed E-state index contributed by atoms with van der Waals surface area (Å²) in [7, 11) is 7.07. The van der Waals surface area contributed by atoms with Gasteiger partial charge in [0.1, 0.15) is 34.6 Å². The van der Waals surface area contributed by atoms with Crippen molar-refractivity contribution in [1.29, 1.82) is 0 Å². The van der Waals surface area contributed by atoms with Crippen LogP contribution in [0.3, 0.4) is 0 Å². The average molecular weight is 1020 g/mol. The van der Waals surface area contributed by atoms with Gasteiger partial charge in [-0.05, 0) is 114 Å². The molecule has 4 fully saturated rings. The lowest BCUT2D eigenvalue weighted by Gasteiger charge is -2.36. The van der Waals surface area contributed by atoms with Crippen molar-refractivity contribution >= 4 is 57.5 Å². The smallest absolute Gasteiger partial charge is 0.274 e. The second-order valence-electron chi connectivity index (χ2n) is 20.9. The van der Waals surface area contributed by atoms with Gasteiger partial charge in [0.25, 0.3) is 11.1 Å². The number of ketones is 2. The summed E-state index contributed by atoms with van der Waals surface area (Å²) in [5, 5.41) is 21.5. The molecule has 0 unspecified atom stereocenters. The van der Waals surface area contributed by atoms with Crippen LogP contribution < -0.4 is 32.4 Å². The summed E-state index contributed by atoms with van der Waals surface area (Å²) in [5.41, 5.74) is 2.10. The number of Topliss-reactive ketones (excluding diaryl/α,β-unsaturated/α-hetero) is 2. The van der Waals surface area contributed by atoms with Crippen LogP contribution in [0.4, 0.5) is 34.6 Å². The minimum absolute atomic E-state index is 0.0186. The third-order valence-corrected chi connectivity index (χ3v) is 15.6. The number of hydrogen-bond donors (Lipinski definition) is 4. The molecule has 2 aliphatic carbocycles. The second-order valence-corrected chi connectivity index (χ2v) is 20.9. The molecule has 4 N–H and O–H groups in total. The molecule has 74 heavy (non-hydrogen) atoms. The molecule has 6 aromatic rings. The Bertz CT molecular complexity index is 2860. The lowest BCUT2D eigenvalue weighted by Crippen LogP contribution is -2.34. The second kappa shape index (κ2) is 23.0. The molecule has 0 aromatic carbocycles. The molecule has 2 saturated carbocycles. The van der Waals surface area contributed by atoms with Gasteiger partial charge in [0.15, 0.2) is 22.9 Å². The molecule has 8 heterocycles. The van der Waals surface area contributed by atoms with Crippen molar-refractivity contribution in [2.45, 2.75) is 127 Å². The van der Waals surface area contributed by atoms with E-state index >= 15 is 0 Å². The third kappa shape index (κ3) is 11.6. The van der Waals surface area contributed by atoms with Crippen LogP contribution in [0.2, 0.25) is 0 Å². The van der Waals surface area contributed by atoms with Crippen molar-refractivity contribution in [3.8, 4) is 0 Å². The van der Waals surface area contributed by atoms with E-state index in [2.05, 4.69) is 45.3 Å². The summed E-state index contributed by atoms with van der Waals surface area (Å²) in [5.74, 6) is 2.81. The molecule has 0 radical (unpaired) electrons. The van der Waals surface area contributed by atoms with Crippen LogP contribution in [0, 0.1) is 11.8 Å². The summed E-state index contributed by atoms with van der Waals surface area (Å²) >= 11 is 0. The van der Waals surface area contributed by atoms with E-state index in [0.717, 1.165) is 90.3 Å². The largest absolute Gasteiger partial charge is 0.379 e. The van der Waals surface area contributed by atoms with Gasteiger partial charge in [0.2, 0.25) is 0 Å². The van der Waals surface area contributed by atoms with E-state index in [1.54, 1.807) is 95.5 Å². The van der Waals surface area contributed by atoms with Gasteiger partial charge in [-0.3, -0.25) is 19.2 Å². The zero-order chi connectivity index (χ0) is 52.0. The number of fused-ring (bicyclic) bond motifs is 2. The molecule has 0 bridgehead atoms. The Morgan fingerprint density at radius 3 is 1.47 bits per heavy atom. The molecule has 0 amide bonds. The summed E-state index contributed by atoms with van der Waals surface area (Å²) in [6, 6.07) is 10.8. The van der Waals surface area contributed by atoms with Crippen molar-refractivity contribution in [2.24, 2.45) is 11.8 Å². The zero-order valence-corrected chi connectivity index (χ0v) is 43.7. The third-order valence-electron chi connectivity index (χ3n) is 15.6. The number of methoxy groups -OCH3 is 2. The number of rotatable bonds is 16. The van der Waals surface area contributed by atoms with Crippen molar-refractivity contribution in [3.05, 3.63) is 93.0 Å². The Morgan fingerprint density at radius 2 is 1.09 bits per heavy atom. The molecule has 0 spiro atoms. The van der Waals surface area contributed by atoms with Gasteiger partial charge in [-0.1, -0.05) is 12.8 Å². The van der Waals surface area contributed by atoms with E-state index in [4.69, 9.17) is 28.9 Å². The number of aromatic nitrogens is 8. The maximum atomic E-state index is 13.4. The fourth-order valence-electron chi connectivity index (χ4n) is 11.4. The van der Waals surface area contributed by atoms with Gasteiger partial charge in [-0.2, -0.15) is 19.2 Å². The van der Waals surface area contributed by atoms with Crippen LogP contribution >= 0.6 is 0 Å². The van der Waals surface area contributed by atoms with Crippen molar-refractivity contribution in [1.82, 2.24) is 38.3 Å². The number of hydrogen-bond acceptors (Lipinski definition) is 16. The summed E-state index contributed by atoms with van der Waals surface area (Å²) in [6.07, 6.45) is 19.2. The maximum Gasteiger partial charge on any atom is 0.274 e. The Balaban J connectivity index is 0.000000182. The number of nitrogens with zero attached hydrogens (tertiary/aromatic N) is 8. The number of nitrogens with one attached hydrogen (secondary N) is 4. The molecule has 10 rings (SSSR count). The average Bonchev–Trinajstić information content (AvgIpc) is 4.05. The molecule has 20 heteroatoms. The fraction of sp³-hybridized carbons (Fsp3) is 0.556. The first-order chi connectivity index (χ1) is 35.8. The SMILES string of the molecule is CNc1cc(Nc2cccn([C@H]3CCCOC3)c2=O)nc2c(C(=O)C[C@@H]3CCC[C@@](C)(OC)C3)cnn12.CNc1cc(Nc2cccn([C@H]3CCCOC3)c2=O)nc2c(C(=O)C[C@H]3CCC[C@](C)(OC)C3)cnn12. The fourth-order valence-corrected chi connectivity index (χ4v) is 11.4. The highest BCUT2D eigenvalue weighted by molar-refractivity contribution is 6.02. The van der Waals surface area contributed by atoms with Crippen LogP contribution in [0.1, 0.15) is 137 Å². The normalized spacial score (nSPS) is 24.2. The van der Waals surface area contributed by atoms with E-state index in [9.17, 15) is 19.2 Å². The van der Waals surface area contributed by atoms with Gasteiger partial charge in [-0.25, -0.2) is 9.97 Å². The predicted octanol–water partition coefficient (Wildman–Crippen LogP) is 8.39. The van der Waals surface area contributed by atoms with Crippen molar-refractivity contribution < 1.29 is 28.5 Å². The Morgan fingerprint density at radius 1 is 0.662 bits per heavy atom. The molecule has 20 nitrogen and oxygen atoms in total. The van der Waals surface area contributed by atoms with E-state index in [0.29, 0.717) is 83.1 Å². The van der Waals surface area contributed by atoms with Crippen LogP contribution in [0.5, 0.6) is 0 Å². The highest BCUT2D eigenvalue weighted by atomic mass is 16.5. The first kappa shape index (κ1) is 52.4. The minimum atomic E-state index is -0.175. The van der Waals surface area contributed by atoms with E-state index < -0.39 is 0 Å². The Hall–Kier alpha value is -6.48. The zero-order valence-electron chi connectivity index (χ0n) is 43.7. The highest BCUT2D eigenvalue weighted by Crippen LogP contribution is 2.39. The monoisotopic (exact) mass is 1020 g/mol. The van der Waals surface area contributed by atoms with E-state index in [1.807, 2.05) is 12.1 Å². The van der Waals surface area contributed by atoms with Crippen molar-refractivity contribution in [3.63, 3.8) is 0 Å². The first-order valence-corrected chi connectivity index (χ1v) is 26.2. The van der Waals surface area contributed by atoms with Crippen LogP contribution in [0.25, 0.3) is 11.3 Å². The first-order valence-electron chi connectivity index (χ1n) is 26.2. The lowest BCUT2D eigenvalue weighted by molar-refractivity contribution is -0.0398. The predicted molar refractivity (Wildman–Crippen MR) is 284 cm³/mol.